The van der Waals surface area contributed by atoms with E-state index in [1.165, 1.54) is 0 Å². The van der Waals surface area contributed by atoms with Gasteiger partial charge in [0, 0.05) is 5.69 Å². The van der Waals surface area contributed by atoms with E-state index in [0.29, 0.717) is 6.42 Å². The van der Waals surface area contributed by atoms with Gasteiger partial charge in [-0.2, -0.15) is 0 Å². The molecule has 0 aliphatic rings. The van der Waals surface area contributed by atoms with E-state index < -0.39 is 33.5 Å². The SMILES string of the molecule is CCCCc1[nH]c(=O)c([N+](=O)[O-])c(O)c1C(=O)O. The molecule has 1 aromatic heterocycles. The van der Waals surface area contributed by atoms with Gasteiger partial charge in [0.15, 0.2) is 0 Å². The third-order valence-electron chi connectivity index (χ3n) is 2.42. The number of pyridine rings is 1. The molecule has 18 heavy (non-hydrogen) atoms. The normalized spacial score (nSPS) is 10.3. The molecule has 0 saturated carbocycles. The molecular formula is C10H12N2O6. The summed E-state index contributed by atoms with van der Waals surface area (Å²) in [5, 5.41) is 29.1. The molecule has 0 aliphatic carbocycles. The minimum absolute atomic E-state index is 0.00236. The molecule has 8 nitrogen and oxygen atoms in total. The predicted molar refractivity (Wildman–Crippen MR) is 61.0 cm³/mol. The van der Waals surface area contributed by atoms with Crippen molar-refractivity contribution in [3.8, 4) is 5.75 Å². The standard InChI is InChI=1S/C10H12N2O6/c1-2-3-4-5-6(10(15)16)8(13)7(12(17)18)9(14)11-5/h2-4H2,1H3,(H,15,16)(H2,11,13,14). The first kappa shape index (κ1) is 13.7. The van der Waals surface area contributed by atoms with Crippen molar-refractivity contribution in [1.82, 2.24) is 4.98 Å². The van der Waals surface area contributed by atoms with Gasteiger partial charge in [-0.15, -0.1) is 0 Å². The number of hydrogen-bond donors (Lipinski definition) is 3. The highest BCUT2D eigenvalue weighted by molar-refractivity contribution is 5.93. The van der Waals surface area contributed by atoms with Gasteiger partial charge in [0.25, 0.3) is 0 Å². The molecule has 98 valence electrons. The lowest BCUT2D eigenvalue weighted by Crippen LogP contribution is -2.18. The van der Waals surface area contributed by atoms with Gasteiger partial charge < -0.3 is 15.2 Å². The Morgan fingerprint density at radius 1 is 1.50 bits per heavy atom. The summed E-state index contributed by atoms with van der Waals surface area (Å²) in [6, 6.07) is 0. The van der Waals surface area contributed by atoms with Crippen LogP contribution in [0.15, 0.2) is 4.79 Å². The van der Waals surface area contributed by atoms with Gasteiger partial charge in [-0.25, -0.2) is 4.79 Å². The maximum absolute atomic E-state index is 11.4. The summed E-state index contributed by atoms with van der Waals surface area (Å²) in [6.45, 7) is 1.86. The fraction of sp³-hybridized carbons (Fsp3) is 0.400. The third kappa shape index (κ3) is 2.47. The van der Waals surface area contributed by atoms with Crippen molar-refractivity contribution < 1.29 is 19.9 Å². The van der Waals surface area contributed by atoms with Gasteiger partial charge in [0.05, 0.1) is 4.92 Å². The Labute approximate surface area is 101 Å². The molecule has 0 fully saturated rings. The molecular weight excluding hydrogens is 244 g/mol. The predicted octanol–water partition coefficient (Wildman–Crippen LogP) is 1.03. The Hall–Kier alpha value is -2.38. The second-order valence-electron chi connectivity index (χ2n) is 3.67. The zero-order chi connectivity index (χ0) is 13.9. The third-order valence-corrected chi connectivity index (χ3v) is 2.42. The highest BCUT2D eigenvalue weighted by atomic mass is 16.6. The second-order valence-corrected chi connectivity index (χ2v) is 3.67. The number of aromatic nitrogens is 1. The van der Waals surface area contributed by atoms with Crippen LogP contribution in [0.25, 0.3) is 0 Å². The number of aromatic hydroxyl groups is 1. The highest BCUT2D eigenvalue weighted by Crippen LogP contribution is 2.28. The molecule has 1 aromatic rings. The Morgan fingerprint density at radius 2 is 2.11 bits per heavy atom. The molecule has 1 rings (SSSR count). The number of aryl methyl sites for hydroxylation is 1. The van der Waals surface area contributed by atoms with Crippen LogP contribution in [0.4, 0.5) is 5.69 Å². The van der Waals surface area contributed by atoms with Gasteiger partial charge in [-0.05, 0) is 12.8 Å². The summed E-state index contributed by atoms with van der Waals surface area (Å²) in [6.07, 6.45) is 1.56. The fourth-order valence-electron chi connectivity index (χ4n) is 1.57. The molecule has 0 atom stereocenters. The van der Waals surface area contributed by atoms with Gasteiger partial charge >= 0.3 is 17.2 Å². The lowest BCUT2D eigenvalue weighted by Gasteiger charge is -2.07. The van der Waals surface area contributed by atoms with E-state index >= 15 is 0 Å². The first-order valence-corrected chi connectivity index (χ1v) is 5.25. The van der Waals surface area contributed by atoms with Crippen molar-refractivity contribution in [1.29, 1.82) is 0 Å². The van der Waals surface area contributed by atoms with E-state index in [1.54, 1.807) is 0 Å². The number of nitrogens with zero attached hydrogens (tertiary/aromatic N) is 1. The summed E-state index contributed by atoms with van der Waals surface area (Å²) < 4.78 is 0. The minimum atomic E-state index is -1.52. The molecule has 0 radical (unpaired) electrons. The lowest BCUT2D eigenvalue weighted by atomic mass is 10.1. The average Bonchev–Trinajstić information content (AvgIpc) is 2.24. The van der Waals surface area contributed by atoms with E-state index in [1.807, 2.05) is 6.92 Å². The number of aromatic carboxylic acids is 1. The fourth-order valence-corrected chi connectivity index (χ4v) is 1.57. The minimum Gasteiger partial charge on any atom is -0.501 e. The van der Waals surface area contributed by atoms with Crippen LogP contribution >= 0.6 is 0 Å². The molecule has 0 saturated heterocycles. The monoisotopic (exact) mass is 256 g/mol. The molecule has 8 heteroatoms. The van der Waals surface area contributed by atoms with Crippen molar-refractivity contribution in [3.05, 3.63) is 31.7 Å². The first-order chi connectivity index (χ1) is 8.40. The zero-order valence-electron chi connectivity index (χ0n) is 9.60. The van der Waals surface area contributed by atoms with Gasteiger partial charge in [-0.3, -0.25) is 14.9 Å². The van der Waals surface area contributed by atoms with Crippen LogP contribution in [0, 0.1) is 10.1 Å². The van der Waals surface area contributed by atoms with Gasteiger partial charge in [0.1, 0.15) is 5.56 Å². The number of carbonyl (C=O) groups is 1. The molecule has 0 spiro atoms. The number of H-pyrrole nitrogens is 1. The number of nitro groups is 1. The largest absolute Gasteiger partial charge is 0.501 e. The zero-order valence-corrected chi connectivity index (χ0v) is 9.60. The molecule has 0 bridgehead atoms. The Bertz CT molecular complexity index is 548. The van der Waals surface area contributed by atoms with E-state index in [4.69, 9.17) is 5.11 Å². The second kappa shape index (κ2) is 5.30. The van der Waals surface area contributed by atoms with Crippen molar-refractivity contribution >= 4 is 11.7 Å². The van der Waals surface area contributed by atoms with Crippen LogP contribution in [-0.4, -0.2) is 26.1 Å². The first-order valence-electron chi connectivity index (χ1n) is 5.25. The van der Waals surface area contributed by atoms with E-state index in [9.17, 15) is 24.8 Å². The van der Waals surface area contributed by atoms with Crippen LogP contribution in [0.5, 0.6) is 5.75 Å². The molecule has 0 aliphatic heterocycles. The summed E-state index contributed by atoms with van der Waals surface area (Å²) in [7, 11) is 0. The van der Waals surface area contributed by atoms with Crippen LogP contribution in [-0.2, 0) is 6.42 Å². The van der Waals surface area contributed by atoms with Crippen LogP contribution in [0.3, 0.4) is 0 Å². The molecule has 1 heterocycles. The molecule has 0 unspecified atom stereocenters. The van der Waals surface area contributed by atoms with E-state index in [-0.39, 0.29) is 12.1 Å². The molecule has 0 aromatic carbocycles. The Morgan fingerprint density at radius 3 is 2.56 bits per heavy atom. The van der Waals surface area contributed by atoms with E-state index in [0.717, 1.165) is 6.42 Å². The Kier molecular flexibility index (Phi) is 4.03. The van der Waals surface area contributed by atoms with Crippen molar-refractivity contribution in [2.24, 2.45) is 0 Å². The topological polar surface area (TPSA) is 134 Å². The van der Waals surface area contributed by atoms with Crippen molar-refractivity contribution in [2.45, 2.75) is 26.2 Å². The number of unbranched alkanes of at least 4 members (excludes halogenated alkanes) is 1. The van der Waals surface area contributed by atoms with E-state index in [2.05, 4.69) is 4.98 Å². The number of carboxylic acid groups (broad SMARTS) is 1. The number of hydrogen-bond acceptors (Lipinski definition) is 5. The van der Waals surface area contributed by atoms with Crippen LogP contribution < -0.4 is 5.56 Å². The average molecular weight is 256 g/mol. The Balaban J connectivity index is 3.51. The van der Waals surface area contributed by atoms with Crippen molar-refractivity contribution in [2.75, 3.05) is 0 Å². The quantitative estimate of drug-likeness (QED) is 0.532. The van der Waals surface area contributed by atoms with Crippen molar-refractivity contribution in [3.63, 3.8) is 0 Å². The van der Waals surface area contributed by atoms with Crippen LogP contribution in [0.1, 0.15) is 35.8 Å². The summed E-state index contributed by atoms with van der Waals surface area (Å²) >= 11 is 0. The maximum atomic E-state index is 11.4. The van der Waals surface area contributed by atoms with Gasteiger partial charge in [-0.1, -0.05) is 13.3 Å². The smallest absolute Gasteiger partial charge is 0.375 e. The number of nitrogens with one attached hydrogen (secondary N) is 1. The lowest BCUT2D eigenvalue weighted by molar-refractivity contribution is -0.387. The molecule has 3 N–H and O–H groups in total. The number of aromatic amines is 1. The number of rotatable bonds is 5. The van der Waals surface area contributed by atoms with Crippen LogP contribution in [0.2, 0.25) is 0 Å². The highest BCUT2D eigenvalue weighted by Gasteiger charge is 2.28. The number of carboxylic acids is 1. The van der Waals surface area contributed by atoms with Gasteiger partial charge in [0.2, 0.25) is 5.75 Å². The summed E-state index contributed by atoms with van der Waals surface area (Å²) in [4.78, 5) is 34.0. The summed E-state index contributed by atoms with van der Waals surface area (Å²) in [5.41, 5.74) is -2.87. The molecule has 0 amide bonds. The maximum Gasteiger partial charge on any atom is 0.375 e. The summed E-state index contributed by atoms with van der Waals surface area (Å²) in [5.74, 6) is -2.61.